The summed E-state index contributed by atoms with van der Waals surface area (Å²) in [5.74, 6) is 0.502. The standard InChI is InChI=1S/C14H11N3O3/c1-17-10-6-3-2-5-9(10)12(11-7-4-8-20-11)15-13(16-19)14(17)18/h2-8,19H,1H3. The van der Waals surface area contributed by atoms with Crippen LogP contribution in [0.15, 0.2) is 57.0 Å². The van der Waals surface area contributed by atoms with Gasteiger partial charge in [0.15, 0.2) is 5.76 Å². The first-order chi connectivity index (χ1) is 9.72. The maximum atomic E-state index is 12.2. The minimum absolute atomic E-state index is 0.282. The van der Waals surface area contributed by atoms with E-state index in [0.717, 1.165) is 5.39 Å². The maximum absolute atomic E-state index is 12.2. The van der Waals surface area contributed by atoms with Crippen molar-refractivity contribution in [3.63, 3.8) is 0 Å². The first kappa shape index (κ1) is 12.2. The molecular formula is C14H11N3O3. The summed E-state index contributed by atoms with van der Waals surface area (Å²) in [5.41, 5.74) is 0.360. The molecule has 0 spiro atoms. The summed E-state index contributed by atoms with van der Waals surface area (Å²) < 4.78 is 6.74. The number of hydrogen-bond donors (Lipinski definition) is 1. The number of benzene rings is 1. The largest absolute Gasteiger partial charge is 0.463 e. The molecule has 6 nitrogen and oxygen atoms in total. The number of para-hydroxylation sites is 1. The van der Waals surface area contributed by atoms with Crippen LogP contribution in [0.1, 0.15) is 0 Å². The minimum Gasteiger partial charge on any atom is -0.463 e. The highest BCUT2D eigenvalue weighted by atomic mass is 16.4. The molecule has 0 aliphatic heterocycles. The summed E-state index contributed by atoms with van der Waals surface area (Å²) in [6.45, 7) is 0. The van der Waals surface area contributed by atoms with Crippen LogP contribution in [0.5, 0.6) is 0 Å². The normalized spacial score (nSPS) is 11.9. The van der Waals surface area contributed by atoms with E-state index >= 15 is 0 Å². The molecule has 2 aromatic heterocycles. The lowest BCUT2D eigenvalue weighted by Crippen LogP contribution is -2.32. The second-order valence-electron chi connectivity index (χ2n) is 4.24. The van der Waals surface area contributed by atoms with E-state index in [1.54, 1.807) is 25.2 Å². The molecule has 2 heterocycles. The Morgan fingerprint density at radius 2 is 2.05 bits per heavy atom. The van der Waals surface area contributed by atoms with Gasteiger partial charge in [0, 0.05) is 12.4 Å². The SMILES string of the molecule is Cn1c(=O)c(=NO)nc(-c2ccco2)c2ccccc21. The molecule has 1 aromatic carbocycles. The van der Waals surface area contributed by atoms with Gasteiger partial charge in [-0.15, -0.1) is 0 Å². The molecule has 100 valence electrons. The molecule has 3 rings (SSSR count). The van der Waals surface area contributed by atoms with Crippen molar-refractivity contribution in [3.8, 4) is 11.5 Å². The molecule has 0 amide bonds. The van der Waals surface area contributed by atoms with Crippen LogP contribution in [0, 0.1) is 0 Å². The van der Waals surface area contributed by atoms with E-state index in [1.807, 2.05) is 18.2 Å². The van der Waals surface area contributed by atoms with Gasteiger partial charge in [-0.05, 0) is 18.2 Å². The lowest BCUT2D eigenvalue weighted by Gasteiger charge is -2.00. The smallest absolute Gasteiger partial charge is 0.299 e. The number of fused-ring (bicyclic) bond motifs is 1. The molecule has 0 unspecified atom stereocenters. The fraction of sp³-hybridized carbons (Fsp3) is 0.0714. The molecule has 3 aromatic rings. The van der Waals surface area contributed by atoms with Crippen LogP contribution in [0.4, 0.5) is 0 Å². The van der Waals surface area contributed by atoms with Gasteiger partial charge in [-0.2, -0.15) is 0 Å². The summed E-state index contributed by atoms with van der Waals surface area (Å²) >= 11 is 0. The molecule has 0 saturated heterocycles. The van der Waals surface area contributed by atoms with Crippen molar-refractivity contribution in [2.75, 3.05) is 0 Å². The average molecular weight is 269 g/mol. The van der Waals surface area contributed by atoms with E-state index in [0.29, 0.717) is 17.0 Å². The topological polar surface area (TPSA) is 80.6 Å². The molecule has 0 aliphatic carbocycles. The lowest BCUT2D eigenvalue weighted by molar-refractivity contribution is 0.297. The van der Waals surface area contributed by atoms with E-state index in [4.69, 9.17) is 9.62 Å². The molecule has 1 N–H and O–H groups in total. The van der Waals surface area contributed by atoms with Crippen molar-refractivity contribution in [2.24, 2.45) is 12.2 Å². The fourth-order valence-electron chi connectivity index (χ4n) is 2.11. The van der Waals surface area contributed by atoms with Gasteiger partial charge in [0.05, 0.1) is 11.8 Å². The Balaban J connectivity index is 2.63. The zero-order valence-corrected chi connectivity index (χ0v) is 10.6. The third kappa shape index (κ3) is 1.78. The predicted molar refractivity (Wildman–Crippen MR) is 72.0 cm³/mol. The second-order valence-corrected chi connectivity index (χ2v) is 4.24. The van der Waals surface area contributed by atoms with Crippen LogP contribution in [0.2, 0.25) is 0 Å². The van der Waals surface area contributed by atoms with E-state index in [2.05, 4.69) is 10.1 Å². The van der Waals surface area contributed by atoms with Crippen molar-refractivity contribution in [3.05, 3.63) is 58.5 Å². The quantitative estimate of drug-likeness (QED) is 0.536. The van der Waals surface area contributed by atoms with Crippen LogP contribution in [-0.2, 0) is 7.05 Å². The number of aryl methyl sites for hydroxylation is 1. The Labute approximate surface area is 113 Å². The van der Waals surface area contributed by atoms with Crippen LogP contribution >= 0.6 is 0 Å². The number of hydrogen-bond acceptors (Lipinski definition) is 5. The van der Waals surface area contributed by atoms with Crippen molar-refractivity contribution in [2.45, 2.75) is 0 Å². The predicted octanol–water partition coefficient (Wildman–Crippen LogP) is 1.48. The van der Waals surface area contributed by atoms with Crippen molar-refractivity contribution in [1.82, 2.24) is 9.55 Å². The molecule has 20 heavy (non-hydrogen) atoms. The van der Waals surface area contributed by atoms with E-state index in [9.17, 15) is 4.79 Å². The van der Waals surface area contributed by atoms with Crippen molar-refractivity contribution >= 4 is 10.9 Å². The van der Waals surface area contributed by atoms with Crippen LogP contribution in [-0.4, -0.2) is 14.8 Å². The number of furan rings is 1. The molecule has 0 radical (unpaired) electrons. The molecule has 6 heteroatoms. The monoisotopic (exact) mass is 269 g/mol. The van der Waals surface area contributed by atoms with Crippen molar-refractivity contribution < 1.29 is 9.62 Å². The van der Waals surface area contributed by atoms with Gasteiger partial charge >= 0.3 is 0 Å². The molecule has 0 bridgehead atoms. The Morgan fingerprint density at radius 3 is 2.75 bits per heavy atom. The summed E-state index contributed by atoms with van der Waals surface area (Å²) in [6.07, 6.45) is 1.52. The summed E-state index contributed by atoms with van der Waals surface area (Å²) in [7, 11) is 1.60. The highest BCUT2D eigenvalue weighted by molar-refractivity contribution is 5.90. The Hall–Kier alpha value is -2.89. The third-order valence-corrected chi connectivity index (χ3v) is 3.08. The first-order valence-corrected chi connectivity index (χ1v) is 5.94. The zero-order chi connectivity index (χ0) is 14.1. The van der Waals surface area contributed by atoms with Gasteiger partial charge in [0.25, 0.3) is 11.0 Å². The highest BCUT2D eigenvalue weighted by Crippen LogP contribution is 2.24. The summed E-state index contributed by atoms with van der Waals surface area (Å²) in [6, 6.07) is 10.8. The minimum atomic E-state index is -0.485. The van der Waals surface area contributed by atoms with Crippen molar-refractivity contribution in [1.29, 1.82) is 0 Å². The Morgan fingerprint density at radius 1 is 1.25 bits per heavy atom. The second kappa shape index (κ2) is 4.65. The van der Waals surface area contributed by atoms with Crippen LogP contribution < -0.4 is 11.0 Å². The van der Waals surface area contributed by atoms with E-state index in [-0.39, 0.29) is 5.49 Å². The number of nitrogens with zero attached hydrogens (tertiary/aromatic N) is 3. The Bertz CT molecular complexity index is 896. The van der Waals surface area contributed by atoms with E-state index < -0.39 is 5.56 Å². The molecular weight excluding hydrogens is 258 g/mol. The average Bonchev–Trinajstić information content (AvgIpc) is 2.98. The summed E-state index contributed by atoms with van der Waals surface area (Å²) in [5, 5.41) is 12.7. The highest BCUT2D eigenvalue weighted by Gasteiger charge is 2.11. The fourth-order valence-corrected chi connectivity index (χ4v) is 2.11. The number of rotatable bonds is 1. The first-order valence-electron chi connectivity index (χ1n) is 5.94. The van der Waals surface area contributed by atoms with Gasteiger partial charge in [0.2, 0.25) is 0 Å². The third-order valence-electron chi connectivity index (χ3n) is 3.08. The van der Waals surface area contributed by atoms with Crippen LogP contribution in [0.3, 0.4) is 0 Å². The molecule has 0 aliphatic rings. The van der Waals surface area contributed by atoms with Gasteiger partial charge < -0.3 is 14.2 Å². The Kier molecular flexibility index (Phi) is 2.83. The van der Waals surface area contributed by atoms with Gasteiger partial charge in [-0.3, -0.25) is 4.79 Å². The molecule has 0 saturated carbocycles. The number of aromatic nitrogens is 2. The van der Waals surface area contributed by atoms with Crippen LogP contribution in [0.25, 0.3) is 22.4 Å². The van der Waals surface area contributed by atoms with E-state index in [1.165, 1.54) is 10.8 Å². The van der Waals surface area contributed by atoms with Gasteiger partial charge in [-0.1, -0.05) is 23.4 Å². The molecule has 0 atom stereocenters. The lowest BCUT2D eigenvalue weighted by atomic mass is 10.1. The summed E-state index contributed by atoms with van der Waals surface area (Å²) in [4.78, 5) is 16.3. The zero-order valence-electron chi connectivity index (χ0n) is 10.6. The molecule has 0 fully saturated rings. The van der Waals surface area contributed by atoms with Gasteiger partial charge in [-0.25, -0.2) is 4.98 Å². The maximum Gasteiger partial charge on any atom is 0.299 e. The van der Waals surface area contributed by atoms with Gasteiger partial charge in [0.1, 0.15) is 5.69 Å².